The molecule has 3 aromatic rings. The molecule has 0 bridgehead atoms. The number of aryl methyl sites for hydroxylation is 1. The molecule has 0 amide bonds. The van der Waals surface area contributed by atoms with Crippen molar-refractivity contribution >= 4 is 28.5 Å². The van der Waals surface area contributed by atoms with Crippen molar-refractivity contribution in [3.63, 3.8) is 0 Å². The quantitative estimate of drug-likeness (QED) is 0.648. The Morgan fingerprint density at radius 2 is 2.00 bits per heavy atom. The summed E-state index contributed by atoms with van der Waals surface area (Å²) in [5, 5.41) is 1.70. The number of carbonyl (C=O) groups excluding carboxylic acids is 1. The number of H-pyrrole nitrogens is 1. The van der Waals surface area contributed by atoms with Crippen LogP contribution in [0.1, 0.15) is 47.6 Å². The van der Waals surface area contributed by atoms with E-state index in [1.165, 1.54) is 11.1 Å². The molecule has 2 atom stereocenters. The summed E-state index contributed by atoms with van der Waals surface area (Å²) in [5.74, 6) is -0.246. The van der Waals surface area contributed by atoms with E-state index in [1.54, 1.807) is 0 Å². The molecule has 1 N–H and O–H groups in total. The second-order valence-corrected chi connectivity index (χ2v) is 7.08. The van der Waals surface area contributed by atoms with Crippen molar-refractivity contribution < 1.29 is 9.53 Å². The molecule has 0 spiro atoms. The van der Waals surface area contributed by atoms with E-state index in [0.29, 0.717) is 11.6 Å². The molecule has 1 aliphatic carbocycles. The Balaban J connectivity index is 1.87. The summed E-state index contributed by atoms with van der Waals surface area (Å²) in [6.45, 7) is 4.32. The van der Waals surface area contributed by atoms with Gasteiger partial charge in [-0.2, -0.15) is 0 Å². The highest BCUT2D eigenvalue weighted by Crippen LogP contribution is 2.49. The summed E-state index contributed by atoms with van der Waals surface area (Å²) in [6, 6.07) is 14.3. The minimum atomic E-state index is -0.256. The number of hydrogen-bond acceptors (Lipinski definition) is 2. The summed E-state index contributed by atoms with van der Waals surface area (Å²) < 4.78 is 5.35. The average Bonchev–Trinajstić information content (AvgIpc) is 3.13. The lowest BCUT2D eigenvalue weighted by Crippen LogP contribution is -2.14. The van der Waals surface area contributed by atoms with Crippen LogP contribution in [-0.4, -0.2) is 17.6 Å². The second-order valence-electron chi connectivity index (χ2n) is 6.65. The van der Waals surface area contributed by atoms with Crippen LogP contribution in [0, 0.1) is 6.92 Å². The summed E-state index contributed by atoms with van der Waals surface area (Å²) in [5.41, 5.74) is 5.62. The lowest BCUT2D eigenvalue weighted by molar-refractivity contribution is -0.144. The van der Waals surface area contributed by atoms with Crippen molar-refractivity contribution in [3.05, 3.63) is 69.9 Å². The largest absolute Gasteiger partial charge is 0.466 e. The first-order valence-electron chi connectivity index (χ1n) is 8.62. The van der Waals surface area contributed by atoms with Gasteiger partial charge in [0.05, 0.1) is 12.5 Å². The molecule has 0 radical (unpaired) electrons. The lowest BCUT2D eigenvalue weighted by atomic mass is 9.94. The number of aromatic nitrogens is 1. The molecule has 25 heavy (non-hydrogen) atoms. The van der Waals surface area contributed by atoms with Gasteiger partial charge in [0, 0.05) is 27.5 Å². The molecule has 4 heteroatoms. The molecule has 2 aromatic carbocycles. The van der Waals surface area contributed by atoms with Gasteiger partial charge in [-0.1, -0.05) is 41.4 Å². The number of esters is 1. The lowest BCUT2D eigenvalue weighted by Gasteiger charge is -2.13. The third-order valence-corrected chi connectivity index (χ3v) is 5.29. The Morgan fingerprint density at radius 1 is 1.24 bits per heavy atom. The number of fused-ring (bicyclic) bond motifs is 3. The number of aromatic amines is 1. The standard InChI is InChI=1S/C21H20ClNO2/c1-3-25-21(24)17-11-15(13-6-4-12(2)5-7-13)20-19(17)16-10-14(22)8-9-18(16)23-20/h4-10,15,17,23H,3,11H2,1-2H3/t15-,17+/m1/s1. The molecule has 1 aliphatic rings. The number of nitrogens with one attached hydrogen (secondary N) is 1. The average molecular weight is 354 g/mol. The third kappa shape index (κ3) is 2.73. The maximum absolute atomic E-state index is 12.6. The van der Waals surface area contributed by atoms with Gasteiger partial charge in [0.1, 0.15) is 0 Å². The molecular weight excluding hydrogens is 334 g/mol. The summed E-state index contributed by atoms with van der Waals surface area (Å²) in [7, 11) is 0. The maximum atomic E-state index is 12.6. The van der Waals surface area contributed by atoms with Crippen molar-refractivity contribution in [1.82, 2.24) is 4.98 Å². The van der Waals surface area contributed by atoms with E-state index >= 15 is 0 Å². The SMILES string of the molecule is CCOC(=O)[C@H]1C[C@H](c2ccc(C)cc2)c2[nH]c3ccc(Cl)cc3c21. The van der Waals surface area contributed by atoms with Crippen molar-refractivity contribution in [2.24, 2.45) is 0 Å². The van der Waals surface area contributed by atoms with Gasteiger partial charge in [0.25, 0.3) is 0 Å². The van der Waals surface area contributed by atoms with Crippen LogP contribution in [0.5, 0.6) is 0 Å². The molecular formula is C21H20ClNO2. The van der Waals surface area contributed by atoms with Crippen molar-refractivity contribution in [3.8, 4) is 0 Å². The highest BCUT2D eigenvalue weighted by atomic mass is 35.5. The van der Waals surface area contributed by atoms with Crippen LogP contribution in [0.15, 0.2) is 42.5 Å². The van der Waals surface area contributed by atoms with Crippen LogP contribution in [0.3, 0.4) is 0 Å². The number of rotatable bonds is 3. The van der Waals surface area contributed by atoms with Crippen LogP contribution >= 0.6 is 11.6 Å². The van der Waals surface area contributed by atoms with Gasteiger partial charge >= 0.3 is 5.97 Å². The number of hydrogen-bond donors (Lipinski definition) is 1. The third-order valence-electron chi connectivity index (χ3n) is 5.05. The molecule has 0 unspecified atom stereocenters. The minimum Gasteiger partial charge on any atom is -0.466 e. The van der Waals surface area contributed by atoms with Gasteiger partial charge in [0.15, 0.2) is 0 Å². The van der Waals surface area contributed by atoms with Gasteiger partial charge in [-0.3, -0.25) is 4.79 Å². The van der Waals surface area contributed by atoms with Crippen LogP contribution in [0.25, 0.3) is 10.9 Å². The number of halogens is 1. The smallest absolute Gasteiger partial charge is 0.313 e. The first-order valence-corrected chi connectivity index (χ1v) is 9.00. The molecule has 0 aliphatic heterocycles. The van der Waals surface area contributed by atoms with Crippen LogP contribution in [0.4, 0.5) is 0 Å². The first kappa shape index (κ1) is 16.2. The Hall–Kier alpha value is -2.26. The normalized spacial score (nSPS) is 19.2. The van der Waals surface area contributed by atoms with Crippen LogP contribution in [-0.2, 0) is 9.53 Å². The molecule has 0 saturated heterocycles. The van der Waals surface area contributed by atoms with Gasteiger partial charge in [-0.15, -0.1) is 0 Å². The van der Waals surface area contributed by atoms with Gasteiger partial charge < -0.3 is 9.72 Å². The zero-order valence-corrected chi connectivity index (χ0v) is 15.1. The number of ether oxygens (including phenoxy) is 1. The van der Waals surface area contributed by atoms with Gasteiger partial charge in [-0.25, -0.2) is 0 Å². The topological polar surface area (TPSA) is 42.1 Å². The zero-order valence-electron chi connectivity index (χ0n) is 14.3. The van der Waals surface area contributed by atoms with Crippen LogP contribution in [0.2, 0.25) is 5.02 Å². The highest BCUT2D eigenvalue weighted by Gasteiger charge is 2.40. The molecule has 0 saturated carbocycles. The summed E-state index contributed by atoms with van der Waals surface area (Å²) >= 11 is 6.21. The molecule has 4 rings (SSSR count). The summed E-state index contributed by atoms with van der Waals surface area (Å²) in [6.07, 6.45) is 0.728. The van der Waals surface area contributed by atoms with E-state index in [0.717, 1.165) is 28.6 Å². The Labute approximate surface area is 152 Å². The first-order chi connectivity index (χ1) is 12.1. The van der Waals surface area contributed by atoms with Crippen molar-refractivity contribution in [2.45, 2.75) is 32.1 Å². The van der Waals surface area contributed by atoms with Crippen LogP contribution < -0.4 is 0 Å². The van der Waals surface area contributed by atoms with Crippen molar-refractivity contribution in [2.75, 3.05) is 6.61 Å². The Morgan fingerprint density at radius 3 is 2.72 bits per heavy atom. The second kappa shape index (κ2) is 6.23. The van der Waals surface area contributed by atoms with E-state index in [2.05, 4.69) is 36.2 Å². The predicted octanol–water partition coefficient (Wildman–Crippen LogP) is 5.31. The van der Waals surface area contributed by atoms with E-state index in [4.69, 9.17) is 16.3 Å². The Bertz CT molecular complexity index is 942. The van der Waals surface area contributed by atoms with Gasteiger partial charge in [0.2, 0.25) is 0 Å². The van der Waals surface area contributed by atoms with E-state index in [9.17, 15) is 4.79 Å². The predicted molar refractivity (Wildman–Crippen MR) is 100 cm³/mol. The fourth-order valence-electron chi connectivity index (χ4n) is 3.89. The number of carbonyl (C=O) groups is 1. The fraction of sp³-hybridized carbons (Fsp3) is 0.286. The number of benzene rings is 2. The fourth-order valence-corrected chi connectivity index (χ4v) is 4.06. The monoisotopic (exact) mass is 353 g/mol. The van der Waals surface area contributed by atoms with Gasteiger partial charge in [-0.05, 0) is 49.6 Å². The molecule has 0 fully saturated rings. The summed E-state index contributed by atoms with van der Waals surface area (Å²) in [4.78, 5) is 16.1. The molecule has 1 heterocycles. The molecule has 128 valence electrons. The van der Waals surface area contributed by atoms with E-state index in [1.807, 2.05) is 25.1 Å². The highest BCUT2D eigenvalue weighted by molar-refractivity contribution is 6.31. The zero-order chi connectivity index (χ0) is 17.6. The Kier molecular flexibility index (Phi) is 4.04. The minimum absolute atomic E-state index is 0.153. The van der Waals surface area contributed by atoms with Crippen molar-refractivity contribution in [1.29, 1.82) is 0 Å². The molecule has 1 aromatic heterocycles. The molecule has 3 nitrogen and oxygen atoms in total. The van der Waals surface area contributed by atoms with E-state index in [-0.39, 0.29) is 17.8 Å². The van der Waals surface area contributed by atoms with E-state index < -0.39 is 0 Å². The maximum Gasteiger partial charge on any atom is 0.313 e.